The molecule has 2 heterocycles. The van der Waals surface area contributed by atoms with Gasteiger partial charge in [-0.1, -0.05) is 13.8 Å². The van der Waals surface area contributed by atoms with Crippen molar-refractivity contribution in [1.82, 2.24) is 10.2 Å². The zero-order valence-corrected chi connectivity index (χ0v) is 11.8. The van der Waals surface area contributed by atoms with E-state index >= 15 is 0 Å². The fourth-order valence-electron chi connectivity index (χ4n) is 3.54. The number of likely N-dealkylation sites (tertiary alicyclic amines) is 1. The van der Waals surface area contributed by atoms with Crippen molar-refractivity contribution in [3.63, 3.8) is 0 Å². The molecule has 2 saturated heterocycles. The standard InChI is InChI=1S/C14H24N2O3/c1-14(2)6-4-8-16(12(14)13(18)19)10-5-3-7-15-11(17)9-10/h10,12H,3-9H2,1-2H3,(H,15,17)(H,18,19). The van der Waals surface area contributed by atoms with Crippen LogP contribution in [-0.4, -0.2) is 47.1 Å². The molecule has 2 unspecified atom stereocenters. The van der Waals surface area contributed by atoms with E-state index in [9.17, 15) is 14.7 Å². The highest BCUT2D eigenvalue weighted by Crippen LogP contribution is 2.37. The van der Waals surface area contributed by atoms with Crippen LogP contribution < -0.4 is 5.32 Å². The maximum absolute atomic E-state index is 11.7. The maximum atomic E-state index is 11.7. The Labute approximate surface area is 114 Å². The first-order valence-corrected chi connectivity index (χ1v) is 7.17. The van der Waals surface area contributed by atoms with Crippen molar-refractivity contribution in [2.24, 2.45) is 5.41 Å². The van der Waals surface area contributed by atoms with Gasteiger partial charge in [0.2, 0.25) is 5.91 Å². The molecule has 2 aliphatic rings. The van der Waals surface area contributed by atoms with Gasteiger partial charge in [0.1, 0.15) is 6.04 Å². The van der Waals surface area contributed by atoms with Gasteiger partial charge in [0, 0.05) is 19.0 Å². The van der Waals surface area contributed by atoms with Crippen molar-refractivity contribution < 1.29 is 14.7 Å². The molecule has 0 aromatic heterocycles. The lowest BCUT2D eigenvalue weighted by Gasteiger charge is -2.47. The minimum Gasteiger partial charge on any atom is -0.480 e. The predicted octanol–water partition coefficient (Wildman–Crippen LogP) is 1.23. The Bertz CT molecular complexity index is 368. The molecule has 0 radical (unpaired) electrons. The number of carboxylic acid groups (broad SMARTS) is 1. The number of aliphatic carboxylic acids is 1. The second-order valence-corrected chi connectivity index (χ2v) is 6.42. The van der Waals surface area contributed by atoms with Crippen LogP contribution in [0.5, 0.6) is 0 Å². The third-order valence-electron chi connectivity index (χ3n) is 4.47. The molecule has 5 nitrogen and oxygen atoms in total. The topological polar surface area (TPSA) is 69.6 Å². The van der Waals surface area contributed by atoms with E-state index in [-0.39, 0.29) is 17.4 Å². The quantitative estimate of drug-likeness (QED) is 0.790. The van der Waals surface area contributed by atoms with Crippen molar-refractivity contribution in [3.05, 3.63) is 0 Å². The molecule has 0 bridgehead atoms. The highest BCUT2D eigenvalue weighted by Gasteiger charge is 2.45. The zero-order chi connectivity index (χ0) is 14.0. The van der Waals surface area contributed by atoms with E-state index in [1.54, 1.807) is 0 Å². The average molecular weight is 268 g/mol. The molecule has 19 heavy (non-hydrogen) atoms. The first kappa shape index (κ1) is 14.3. The van der Waals surface area contributed by atoms with E-state index in [4.69, 9.17) is 0 Å². The molecule has 0 aromatic carbocycles. The number of amides is 1. The van der Waals surface area contributed by atoms with Crippen LogP contribution in [0.15, 0.2) is 0 Å². The van der Waals surface area contributed by atoms with Crippen LogP contribution in [0.1, 0.15) is 46.0 Å². The highest BCUT2D eigenvalue weighted by atomic mass is 16.4. The number of piperidine rings is 1. The Balaban J connectivity index is 2.19. The van der Waals surface area contributed by atoms with Crippen molar-refractivity contribution in [1.29, 1.82) is 0 Å². The zero-order valence-electron chi connectivity index (χ0n) is 11.8. The third kappa shape index (κ3) is 3.08. The fraction of sp³-hybridized carbons (Fsp3) is 0.857. The number of rotatable bonds is 2. The molecular weight excluding hydrogens is 244 g/mol. The van der Waals surface area contributed by atoms with Gasteiger partial charge in [-0.05, 0) is 37.6 Å². The molecule has 2 aliphatic heterocycles. The molecule has 0 saturated carbocycles. The summed E-state index contributed by atoms with van der Waals surface area (Å²) in [6.45, 7) is 5.55. The number of hydrogen-bond donors (Lipinski definition) is 2. The molecule has 2 rings (SSSR count). The lowest BCUT2D eigenvalue weighted by Crippen LogP contribution is -2.58. The Morgan fingerprint density at radius 3 is 2.84 bits per heavy atom. The van der Waals surface area contributed by atoms with Crippen LogP contribution in [0.2, 0.25) is 0 Å². The van der Waals surface area contributed by atoms with Crippen LogP contribution in [-0.2, 0) is 9.59 Å². The van der Waals surface area contributed by atoms with Gasteiger partial charge in [-0.3, -0.25) is 14.5 Å². The normalized spacial score (nSPS) is 32.4. The second-order valence-electron chi connectivity index (χ2n) is 6.42. The number of nitrogens with zero attached hydrogens (tertiary/aromatic N) is 1. The summed E-state index contributed by atoms with van der Waals surface area (Å²) in [5.41, 5.74) is -0.229. The van der Waals surface area contributed by atoms with Crippen LogP contribution in [0.3, 0.4) is 0 Å². The van der Waals surface area contributed by atoms with E-state index in [0.717, 1.165) is 32.2 Å². The number of hydrogen-bond acceptors (Lipinski definition) is 3. The van der Waals surface area contributed by atoms with Gasteiger partial charge in [0.25, 0.3) is 0 Å². The summed E-state index contributed by atoms with van der Waals surface area (Å²) in [5.74, 6) is -0.704. The average Bonchev–Trinajstić information content (AvgIpc) is 2.51. The van der Waals surface area contributed by atoms with Gasteiger partial charge in [0.15, 0.2) is 0 Å². The minimum atomic E-state index is -0.755. The SMILES string of the molecule is CC1(C)CCCN(C2CCCNC(=O)C2)C1C(=O)O. The summed E-state index contributed by atoms with van der Waals surface area (Å²) in [7, 11) is 0. The first-order valence-electron chi connectivity index (χ1n) is 7.17. The van der Waals surface area contributed by atoms with Crippen LogP contribution >= 0.6 is 0 Å². The smallest absolute Gasteiger partial charge is 0.321 e. The molecule has 2 atom stereocenters. The highest BCUT2D eigenvalue weighted by molar-refractivity contribution is 5.77. The summed E-state index contributed by atoms with van der Waals surface area (Å²) in [6, 6.07) is -0.402. The van der Waals surface area contributed by atoms with E-state index < -0.39 is 12.0 Å². The Hall–Kier alpha value is -1.10. The summed E-state index contributed by atoms with van der Waals surface area (Å²) in [5, 5.41) is 12.4. The number of carboxylic acids is 1. The van der Waals surface area contributed by atoms with E-state index in [0.29, 0.717) is 13.0 Å². The predicted molar refractivity (Wildman–Crippen MR) is 71.8 cm³/mol. The minimum absolute atomic E-state index is 0.0509. The Morgan fingerprint density at radius 2 is 2.16 bits per heavy atom. The monoisotopic (exact) mass is 268 g/mol. The molecule has 5 heteroatoms. The molecule has 2 N–H and O–H groups in total. The summed E-state index contributed by atoms with van der Waals surface area (Å²) < 4.78 is 0. The van der Waals surface area contributed by atoms with E-state index in [2.05, 4.69) is 10.2 Å². The molecule has 1 amide bonds. The van der Waals surface area contributed by atoms with Crippen molar-refractivity contribution in [2.75, 3.05) is 13.1 Å². The van der Waals surface area contributed by atoms with Crippen LogP contribution in [0, 0.1) is 5.41 Å². The fourth-order valence-corrected chi connectivity index (χ4v) is 3.54. The molecule has 108 valence electrons. The lowest BCUT2D eigenvalue weighted by atomic mass is 9.75. The van der Waals surface area contributed by atoms with Gasteiger partial charge in [-0.2, -0.15) is 0 Å². The molecule has 2 fully saturated rings. The first-order chi connectivity index (χ1) is 8.92. The van der Waals surface area contributed by atoms with Crippen LogP contribution in [0.4, 0.5) is 0 Å². The van der Waals surface area contributed by atoms with Crippen molar-refractivity contribution in [2.45, 2.75) is 58.0 Å². The summed E-state index contributed by atoms with van der Waals surface area (Å²) in [6.07, 6.45) is 4.20. The van der Waals surface area contributed by atoms with Crippen LogP contribution in [0.25, 0.3) is 0 Å². The Morgan fingerprint density at radius 1 is 1.42 bits per heavy atom. The largest absolute Gasteiger partial charge is 0.480 e. The van der Waals surface area contributed by atoms with Gasteiger partial charge in [-0.25, -0.2) is 0 Å². The van der Waals surface area contributed by atoms with Crippen molar-refractivity contribution >= 4 is 11.9 Å². The number of carbonyl (C=O) groups is 2. The summed E-state index contributed by atoms with van der Waals surface area (Å²) in [4.78, 5) is 25.4. The second kappa shape index (κ2) is 5.49. The van der Waals surface area contributed by atoms with Gasteiger partial charge in [-0.15, -0.1) is 0 Å². The molecule has 0 aromatic rings. The van der Waals surface area contributed by atoms with E-state index in [1.807, 2.05) is 13.8 Å². The van der Waals surface area contributed by atoms with Gasteiger partial charge < -0.3 is 10.4 Å². The number of nitrogens with one attached hydrogen (secondary N) is 1. The third-order valence-corrected chi connectivity index (χ3v) is 4.47. The molecular formula is C14H24N2O3. The number of carbonyl (C=O) groups excluding carboxylic acids is 1. The molecule has 0 aliphatic carbocycles. The van der Waals surface area contributed by atoms with Crippen molar-refractivity contribution in [3.8, 4) is 0 Å². The van der Waals surface area contributed by atoms with Gasteiger partial charge in [0.05, 0.1) is 0 Å². The lowest BCUT2D eigenvalue weighted by molar-refractivity contribution is -0.153. The summed E-state index contributed by atoms with van der Waals surface area (Å²) >= 11 is 0. The Kier molecular flexibility index (Phi) is 4.13. The maximum Gasteiger partial charge on any atom is 0.321 e. The molecule has 0 spiro atoms. The van der Waals surface area contributed by atoms with Gasteiger partial charge >= 0.3 is 5.97 Å². The van der Waals surface area contributed by atoms with E-state index in [1.165, 1.54) is 0 Å².